The number of Topliss-reactive ketones (excluding diaryl/α,β-unsaturated/α-hetero) is 1. The number of carbonyl (C=O) groups excluding carboxylic acids is 1. The summed E-state index contributed by atoms with van der Waals surface area (Å²) in [5.41, 5.74) is 1.94. The number of carbonyl (C=O) groups is 1. The van der Waals surface area contributed by atoms with Crippen molar-refractivity contribution in [2.45, 2.75) is 13.5 Å². The molecule has 0 spiro atoms. The van der Waals surface area contributed by atoms with E-state index in [1.807, 2.05) is 18.2 Å². The summed E-state index contributed by atoms with van der Waals surface area (Å²) in [7, 11) is 0. The summed E-state index contributed by atoms with van der Waals surface area (Å²) in [6, 6.07) is 10.8. The highest BCUT2D eigenvalue weighted by Gasteiger charge is 2.12. The standard InChI is InChI=1S/C20H15Cl2N5O2S/c1-11(28)10-29-12-5-6-17-15(7-12)25-18(30-17)9-23-20-26-16(8-24-27-20)19-13(21)3-2-4-14(19)22/h2-8H,9-10H2,1H3,(H,23,26,27). The second kappa shape index (κ2) is 8.91. The number of thiazole rings is 1. The number of aromatic nitrogens is 4. The van der Waals surface area contributed by atoms with Crippen molar-refractivity contribution < 1.29 is 9.53 Å². The Morgan fingerprint density at radius 1 is 1.17 bits per heavy atom. The quantitative estimate of drug-likeness (QED) is 0.414. The summed E-state index contributed by atoms with van der Waals surface area (Å²) in [4.78, 5) is 20.1. The second-order valence-corrected chi connectivity index (χ2v) is 8.27. The lowest BCUT2D eigenvalue weighted by molar-refractivity contribution is -0.118. The molecule has 30 heavy (non-hydrogen) atoms. The number of benzene rings is 2. The first-order valence-electron chi connectivity index (χ1n) is 8.89. The highest BCUT2D eigenvalue weighted by Crippen LogP contribution is 2.33. The molecule has 1 N–H and O–H groups in total. The van der Waals surface area contributed by atoms with Crippen LogP contribution in [0.3, 0.4) is 0 Å². The minimum atomic E-state index is -0.0350. The monoisotopic (exact) mass is 459 g/mol. The van der Waals surface area contributed by atoms with Gasteiger partial charge in [-0.1, -0.05) is 29.3 Å². The lowest BCUT2D eigenvalue weighted by Gasteiger charge is -2.07. The van der Waals surface area contributed by atoms with Crippen LogP contribution in [0.2, 0.25) is 10.0 Å². The largest absolute Gasteiger partial charge is 0.486 e. The molecule has 10 heteroatoms. The molecule has 0 aliphatic heterocycles. The number of nitrogens with zero attached hydrogens (tertiary/aromatic N) is 4. The van der Waals surface area contributed by atoms with Crippen LogP contribution in [0.5, 0.6) is 5.75 Å². The zero-order valence-electron chi connectivity index (χ0n) is 15.7. The van der Waals surface area contributed by atoms with Crippen molar-refractivity contribution in [3.63, 3.8) is 0 Å². The van der Waals surface area contributed by atoms with Crippen molar-refractivity contribution in [1.82, 2.24) is 20.2 Å². The maximum absolute atomic E-state index is 11.1. The van der Waals surface area contributed by atoms with Crippen molar-refractivity contribution in [2.24, 2.45) is 0 Å². The number of hydrogen-bond donors (Lipinski definition) is 1. The molecule has 2 aromatic carbocycles. The third kappa shape index (κ3) is 4.67. The molecular formula is C20H15Cl2N5O2S. The predicted molar refractivity (Wildman–Crippen MR) is 118 cm³/mol. The molecule has 0 fully saturated rings. The Morgan fingerprint density at radius 2 is 1.97 bits per heavy atom. The summed E-state index contributed by atoms with van der Waals surface area (Å²) in [5.74, 6) is 0.916. The van der Waals surface area contributed by atoms with Gasteiger partial charge in [-0.15, -0.1) is 16.4 Å². The van der Waals surface area contributed by atoms with Gasteiger partial charge in [0.1, 0.15) is 17.4 Å². The van der Waals surface area contributed by atoms with Crippen molar-refractivity contribution >= 4 is 56.5 Å². The molecule has 0 unspecified atom stereocenters. The van der Waals surface area contributed by atoms with Gasteiger partial charge in [0.05, 0.1) is 38.7 Å². The average molecular weight is 460 g/mol. The van der Waals surface area contributed by atoms with E-state index in [1.165, 1.54) is 13.1 Å². The minimum absolute atomic E-state index is 0.0350. The molecule has 2 heterocycles. The van der Waals surface area contributed by atoms with Crippen LogP contribution < -0.4 is 10.1 Å². The summed E-state index contributed by atoms with van der Waals surface area (Å²) in [5, 5.41) is 13.0. The van der Waals surface area contributed by atoms with Crippen LogP contribution in [0.15, 0.2) is 42.6 Å². The number of anilines is 1. The molecule has 152 valence electrons. The van der Waals surface area contributed by atoms with Gasteiger partial charge in [-0.2, -0.15) is 5.10 Å². The number of ether oxygens (including phenoxy) is 1. The van der Waals surface area contributed by atoms with Crippen molar-refractivity contribution in [2.75, 3.05) is 11.9 Å². The van der Waals surface area contributed by atoms with Crippen molar-refractivity contribution in [3.8, 4) is 17.0 Å². The van der Waals surface area contributed by atoms with Gasteiger partial charge in [0, 0.05) is 11.6 Å². The Hall–Kier alpha value is -2.81. The zero-order valence-corrected chi connectivity index (χ0v) is 18.1. The Balaban J connectivity index is 1.49. The number of halogens is 2. The second-order valence-electron chi connectivity index (χ2n) is 6.34. The first-order chi connectivity index (χ1) is 14.5. The van der Waals surface area contributed by atoms with Crippen LogP contribution in [0, 0.1) is 0 Å². The summed E-state index contributed by atoms with van der Waals surface area (Å²) in [6.07, 6.45) is 1.51. The lowest BCUT2D eigenvalue weighted by Crippen LogP contribution is -2.06. The molecule has 4 rings (SSSR count). The number of hydrogen-bond acceptors (Lipinski definition) is 8. The van der Waals surface area contributed by atoms with Gasteiger partial charge < -0.3 is 10.1 Å². The van der Waals surface area contributed by atoms with E-state index in [0.29, 0.717) is 39.5 Å². The minimum Gasteiger partial charge on any atom is -0.486 e. The molecule has 4 aromatic rings. The molecule has 0 amide bonds. The highest BCUT2D eigenvalue weighted by atomic mass is 35.5. The van der Waals surface area contributed by atoms with Crippen molar-refractivity contribution in [3.05, 3.63) is 57.6 Å². The van der Waals surface area contributed by atoms with E-state index in [1.54, 1.807) is 29.5 Å². The maximum Gasteiger partial charge on any atom is 0.243 e. The number of rotatable bonds is 7. The summed E-state index contributed by atoms with van der Waals surface area (Å²) >= 11 is 14.1. The first kappa shape index (κ1) is 20.5. The van der Waals surface area contributed by atoms with Crippen LogP contribution in [0.1, 0.15) is 11.9 Å². The topological polar surface area (TPSA) is 89.9 Å². The van der Waals surface area contributed by atoms with Crippen LogP contribution in [-0.2, 0) is 11.3 Å². The number of ketones is 1. The lowest BCUT2D eigenvalue weighted by atomic mass is 10.1. The van der Waals surface area contributed by atoms with Crippen LogP contribution in [0.4, 0.5) is 5.95 Å². The molecule has 0 saturated carbocycles. The average Bonchev–Trinajstić information content (AvgIpc) is 3.13. The van der Waals surface area contributed by atoms with E-state index in [9.17, 15) is 4.79 Å². The van der Waals surface area contributed by atoms with E-state index in [-0.39, 0.29) is 12.4 Å². The Labute approximate surface area is 186 Å². The zero-order chi connectivity index (χ0) is 21.1. The Bertz CT molecular complexity index is 1210. The predicted octanol–water partition coefficient (Wildman–Crippen LogP) is 5.04. The van der Waals surface area contributed by atoms with Gasteiger partial charge in [-0.05, 0) is 31.2 Å². The van der Waals surface area contributed by atoms with E-state index in [0.717, 1.165) is 15.2 Å². The fourth-order valence-corrected chi connectivity index (χ4v) is 4.18. The van der Waals surface area contributed by atoms with E-state index < -0.39 is 0 Å². The molecule has 0 atom stereocenters. The molecule has 0 radical (unpaired) electrons. The summed E-state index contributed by atoms with van der Waals surface area (Å²) in [6.45, 7) is 1.95. The fraction of sp³-hybridized carbons (Fsp3) is 0.150. The Morgan fingerprint density at radius 3 is 2.73 bits per heavy atom. The SMILES string of the molecule is CC(=O)COc1ccc2sc(CNc3nncc(-c4c(Cl)cccc4Cl)n3)nc2c1. The first-order valence-corrected chi connectivity index (χ1v) is 10.5. The molecular weight excluding hydrogens is 445 g/mol. The molecule has 0 aliphatic rings. The fourth-order valence-electron chi connectivity index (χ4n) is 2.70. The molecule has 0 aliphatic carbocycles. The van der Waals surface area contributed by atoms with Gasteiger partial charge in [-0.3, -0.25) is 4.79 Å². The molecule has 2 aromatic heterocycles. The molecule has 7 nitrogen and oxygen atoms in total. The number of fused-ring (bicyclic) bond motifs is 1. The number of nitrogens with one attached hydrogen (secondary N) is 1. The third-order valence-corrected chi connectivity index (χ3v) is 5.69. The van der Waals surface area contributed by atoms with Gasteiger partial charge in [0.15, 0.2) is 5.78 Å². The van der Waals surface area contributed by atoms with Crippen LogP contribution >= 0.6 is 34.5 Å². The molecule has 0 bridgehead atoms. The van der Waals surface area contributed by atoms with Crippen molar-refractivity contribution in [1.29, 1.82) is 0 Å². The summed E-state index contributed by atoms with van der Waals surface area (Å²) < 4.78 is 6.45. The van der Waals surface area contributed by atoms with Crippen LogP contribution in [-0.4, -0.2) is 32.6 Å². The normalized spacial score (nSPS) is 10.9. The van der Waals surface area contributed by atoms with E-state index in [2.05, 4.69) is 25.5 Å². The van der Waals surface area contributed by atoms with Gasteiger partial charge in [-0.25, -0.2) is 9.97 Å². The Kier molecular flexibility index (Phi) is 6.08. The molecule has 0 saturated heterocycles. The van der Waals surface area contributed by atoms with Gasteiger partial charge >= 0.3 is 0 Å². The highest BCUT2D eigenvalue weighted by molar-refractivity contribution is 7.18. The maximum atomic E-state index is 11.1. The van der Waals surface area contributed by atoms with Gasteiger partial charge in [0.2, 0.25) is 5.95 Å². The van der Waals surface area contributed by atoms with Crippen LogP contribution in [0.25, 0.3) is 21.5 Å². The van der Waals surface area contributed by atoms with E-state index >= 15 is 0 Å². The van der Waals surface area contributed by atoms with Gasteiger partial charge in [0.25, 0.3) is 0 Å². The third-order valence-electron chi connectivity index (χ3n) is 4.02. The smallest absolute Gasteiger partial charge is 0.243 e. The van der Waals surface area contributed by atoms with E-state index in [4.69, 9.17) is 27.9 Å².